The Kier molecular flexibility index (Phi) is 3.23. The molecule has 19 heavy (non-hydrogen) atoms. The Hall–Kier alpha value is -1.84. The molecule has 1 saturated carbocycles. The highest BCUT2D eigenvalue weighted by Gasteiger charge is 2.33. The van der Waals surface area contributed by atoms with E-state index in [9.17, 15) is 9.59 Å². The first kappa shape index (κ1) is 12.2. The summed E-state index contributed by atoms with van der Waals surface area (Å²) in [4.78, 5) is 25.8. The zero-order valence-corrected chi connectivity index (χ0v) is 10.8. The monoisotopic (exact) mass is 258 g/mol. The van der Waals surface area contributed by atoms with E-state index in [1.807, 2.05) is 35.2 Å². The van der Waals surface area contributed by atoms with Crippen molar-refractivity contribution in [1.82, 2.24) is 10.2 Å². The minimum absolute atomic E-state index is 0.0590. The Morgan fingerprint density at radius 1 is 1.11 bits per heavy atom. The highest BCUT2D eigenvalue weighted by molar-refractivity contribution is 5.94. The van der Waals surface area contributed by atoms with Crippen molar-refractivity contribution in [3.8, 4) is 0 Å². The molecule has 0 spiro atoms. The summed E-state index contributed by atoms with van der Waals surface area (Å²) in [6.45, 7) is 1.36. The van der Waals surface area contributed by atoms with Crippen molar-refractivity contribution >= 4 is 11.8 Å². The van der Waals surface area contributed by atoms with Crippen LogP contribution in [-0.4, -0.2) is 35.8 Å². The quantitative estimate of drug-likeness (QED) is 0.891. The largest absolute Gasteiger partial charge is 0.351 e. The lowest BCUT2D eigenvalue weighted by Crippen LogP contribution is -2.39. The molecule has 0 aromatic heterocycles. The summed E-state index contributed by atoms with van der Waals surface area (Å²) in [5, 5.41) is 3.04. The maximum Gasteiger partial charge on any atom is 0.253 e. The maximum atomic E-state index is 12.2. The number of carbonyl (C=O) groups excluding carboxylic acids is 2. The third-order valence-corrected chi connectivity index (χ3v) is 3.79. The van der Waals surface area contributed by atoms with E-state index in [-0.39, 0.29) is 23.8 Å². The molecular formula is C15H18N2O2. The SMILES string of the molecule is O=C(NC1CCN(C(=O)c2ccccc2)C1)C1CC1. The molecule has 2 fully saturated rings. The maximum absolute atomic E-state index is 12.2. The van der Waals surface area contributed by atoms with Gasteiger partial charge in [-0.1, -0.05) is 18.2 Å². The molecule has 2 aliphatic rings. The van der Waals surface area contributed by atoms with Crippen LogP contribution in [-0.2, 0) is 4.79 Å². The van der Waals surface area contributed by atoms with Gasteiger partial charge in [-0.3, -0.25) is 9.59 Å². The second-order valence-corrected chi connectivity index (χ2v) is 5.39. The normalized spacial score (nSPS) is 22.3. The van der Waals surface area contributed by atoms with Crippen molar-refractivity contribution < 1.29 is 9.59 Å². The van der Waals surface area contributed by atoms with Gasteiger partial charge >= 0.3 is 0 Å². The molecule has 1 saturated heterocycles. The van der Waals surface area contributed by atoms with Crippen LogP contribution in [0.25, 0.3) is 0 Å². The fourth-order valence-electron chi connectivity index (χ4n) is 2.49. The van der Waals surface area contributed by atoms with E-state index in [0.29, 0.717) is 6.54 Å². The number of hydrogen-bond donors (Lipinski definition) is 1. The molecular weight excluding hydrogens is 240 g/mol. The zero-order chi connectivity index (χ0) is 13.2. The number of rotatable bonds is 3. The number of amides is 2. The van der Waals surface area contributed by atoms with E-state index in [0.717, 1.165) is 31.4 Å². The molecule has 1 N–H and O–H groups in total. The average molecular weight is 258 g/mol. The van der Waals surface area contributed by atoms with Gasteiger partial charge in [-0.2, -0.15) is 0 Å². The van der Waals surface area contributed by atoms with Crippen molar-refractivity contribution in [1.29, 1.82) is 0 Å². The topological polar surface area (TPSA) is 49.4 Å². The molecule has 4 nitrogen and oxygen atoms in total. The number of nitrogens with zero attached hydrogens (tertiary/aromatic N) is 1. The summed E-state index contributed by atoms with van der Waals surface area (Å²) in [6, 6.07) is 9.43. The van der Waals surface area contributed by atoms with Gasteiger partial charge in [0.1, 0.15) is 0 Å². The first-order valence-corrected chi connectivity index (χ1v) is 6.89. The van der Waals surface area contributed by atoms with Crippen molar-refractivity contribution in [3.05, 3.63) is 35.9 Å². The second kappa shape index (κ2) is 5.03. The molecule has 0 radical (unpaired) electrons. The van der Waals surface area contributed by atoms with Crippen LogP contribution in [0.15, 0.2) is 30.3 Å². The highest BCUT2D eigenvalue weighted by atomic mass is 16.2. The smallest absolute Gasteiger partial charge is 0.253 e. The van der Waals surface area contributed by atoms with Gasteiger partial charge in [-0.05, 0) is 31.4 Å². The number of nitrogens with one attached hydrogen (secondary N) is 1. The van der Waals surface area contributed by atoms with Crippen LogP contribution >= 0.6 is 0 Å². The Morgan fingerprint density at radius 3 is 2.53 bits per heavy atom. The molecule has 3 rings (SSSR count). The van der Waals surface area contributed by atoms with E-state index in [1.165, 1.54) is 0 Å². The molecule has 1 atom stereocenters. The highest BCUT2D eigenvalue weighted by Crippen LogP contribution is 2.29. The van der Waals surface area contributed by atoms with Crippen LogP contribution in [0.5, 0.6) is 0 Å². The van der Waals surface area contributed by atoms with E-state index >= 15 is 0 Å². The summed E-state index contributed by atoms with van der Waals surface area (Å²) in [6.07, 6.45) is 2.90. The summed E-state index contributed by atoms with van der Waals surface area (Å²) in [5.74, 6) is 0.460. The van der Waals surface area contributed by atoms with Gasteiger partial charge < -0.3 is 10.2 Å². The second-order valence-electron chi connectivity index (χ2n) is 5.39. The number of likely N-dealkylation sites (tertiary alicyclic amines) is 1. The van der Waals surface area contributed by atoms with Gasteiger partial charge in [0.25, 0.3) is 5.91 Å². The molecule has 1 unspecified atom stereocenters. The molecule has 1 aromatic carbocycles. The van der Waals surface area contributed by atoms with Crippen LogP contribution < -0.4 is 5.32 Å². The molecule has 1 aromatic rings. The van der Waals surface area contributed by atoms with Gasteiger partial charge in [-0.25, -0.2) is 0 Å². The van der Waals surface area contributed by atoms with Crippen LogP contribution in [0, 0.1) is 5.92 Å². The molecule has 1 aliphatic carbocycles. The van der Waals surface area contributed by atoms with E-state index in [4.69, 9.17) is 0 Å². The lowest BCUT2D eigenvalue weighted by molar-refractivity contribution is -0.122. The Labute approximate surface area is 112 Å². The standard InChI is InChI=1S/C15H18N2O2/c18-14(11-6-7-11)16-13-8-9-17(10-13)15(19)12-4-2-1-3-5-12/h1-5,11,13H,6-10H2,(H,16,18). The predicted molar refractivity (Wildman–Crippen MR) is 71.6 cm³/mol. The Balaban J connectivity index is 1.56. The number of carbonyl (C=O) groups is 2. The molecule has 1 aliphatic heterocycles. The van der Waals surface area contributed by atoms with Gasteiger partial charge in [0, 0.05) is 30.6 Å². The van der Waals surface area contributed by atoms with Crippen LogP contribution in [0.2, 0.25) is 0 Å². The van der Waals surface area contributed by atoms with Gasteiger partial charge in [0.15, 0.2) is 0 Å². The fraction of sp³-hybridized carbons (Fsp3) is 0.467. The molecule has 0 bridgehead atoms. The van der Waals surface area contributed by atoms with Gasteiger partial charge in [-0.15, -0.1) is 0 Å². The van der Waals surface area contributed by atoms with E-state index in [2.05, 4.69) is 5.32 Å². The van der Waals surface area contributed by atoms with Crippen LogP contribution in [0.3, 0.4) is 0 Å². The van der Waals surface area contributed by atoms with E-state index < -0.39 is 0 Å². The van der Waals surface area contributed by atoms with Crippen molar-refractivity contribution in [3.63, 3.8) is 0 Å². The Bertz CT molecular complexity index is 482. The zero-order valence-electron chi connectivity index (χ0n) is 10.8. The molecule has 1 heterocycles. The Morgan fingerprint density at radius 2 is 1.84 bits per heavy atom. The first-order valence-electron chi connectivity index (χ1n) is 6.89. The lowest BCUT2D eigenvalue weighted by Gasteiger charge is -2.17. The summed E-state index contributed by atoms with van der Waals surface area (Å²) < 4.78 is 0. The summed E-state index contributed by atoms with van der Waals surface area (Å²) >= 11 is 0. The first-order chi connectivity index (χ1) is 9.24. The number of benzene rings is 1. The summed E-state index contributed by atoms with van der Waals surface area (Å²) in [7, 11) is 0. The minimum Gasteiger partial charge on any atom is -0.351 e. The predicted octanol–water partition coefficient (Wildman–Crippen LogP) is 1.43. The lowest BCUT2D eigenvalue weighted by atomic mass is 10.2. The fourth-order valence-corrected chi connectivity index (χ4v) is 2.49. The third-order valence-electron chi connectivity index (χ3n) is 3.79. The van der Waals surface area contributed by atoms with Gasteiger partial charge in [0.2, 0.25) is 5.91 Å². The number of hydrogen-bond acceptors (Lipinski definition) is 2. The molecule has 100 valence electrons. The third kappa shape index (κ3) is 2.78. The molecule has 2 amide bonds. The average Bonchev–Trinajstić information content (AvgIpc) is 3.20. The van der Waals surface area contributed by atoms with Crippen LogP contribution in [0.4, 0.5) is 0 Å². The van der Waals surface area contributed by atoms with Crippen LogP contribution in [0.1, 0.15) is 29.6 Å². The summed E-state index contributed by atoms with van der Waals surface area (Å²) in [5.41, 5.74) is 0.719. The van der Waals surface area contributed by atoms with Crippen molar-refractivity contribution in [2.75, 3.05) is 13.1 Å². The van der Waals surface area contributed by atoms with E-state index in [1.54, 1.807) is 0 Å². The molecule has 4 heteroatoms. The minimum atomic E-state index is 0.0590. The van der Waals surface area contributed by atoms with Crippen molar-refractivity contribution in [2.24, 2.45) is 5.92 Å². The van der Waals surface area contributed by atoms with Gasteiger partial charge in [0.05, 0.1) is 0 Å². The van der Waals surface area contributed by atoms with Crippen molar-refractivity contribution in [2.45, 2.75) is 25.3 Å².